The maximum atomic E-state index is 9.89. The summed E-state index contributed by atoms with van der Waals surface area (Å²) in [6.07, 6.45) is 2.38. The van der Waals surface area contributed by atoms with E-state index in [4.69, 9.17) is 14.7 Å². The highest BCUT2D eigenvalue weighted by molar-refractivity contribution is 5.09. The van der Waals surface area contributed by atoms with E-state index in [1.807, 2.05) is 0 Å². The number of aliphatic hydroxyl groups is 2. The van der Waals surface area contributed by atoms with Crippen LogP contribution in [0.15, 0.2) is 0 Å². The molecule has 3 fully saturated rings. The van der Waals surface area contributed by atoms with Crippen LogP contribution in [0, 0.1) is 11.3 Å². The number of rotatable bonds is 2. The number of nitriles is 1. The van der Waals surface area contributed by atoms with Gasteiger partial charge in [0.2, 0.25) is 0 Å². The predicted molar refractivity (Wildman–Crippen MR) is 61.6 cm³/mol. The molecule has 1 saturated carbocycles. The molecule has 100 valence electrons. The fourth-order valence-corrected chi connectivity index (χ4v) is 3.65. The third kappa shape index (κ3) is 1.84. The summed E-state index contributed by atoms with van der Waals surface area (Å²) in [5, 5.41) is 28.4. The summed E-state index contributed by atoms with van der Waals surface area (Å²) in [5.41, 5.74) is -0.429. The van der Waals surface area contributed by atoms with Crippen molar-refractivity contribution < 1.29 is 19.7 Å². The van der Waals surface area contributed by atoms with Crippen molar-refractivity contribution in [1.82, 2.24) is 0 Å². The largest absolute Gasteiger partial charge is 0.390 e. The Labute approximate surface area is 106 Å². The van der Waals surface area contributed by atoms with Crippen LogP contribution in [0.5, 0.6) is 0 Å². The van der Waals surface area contributed by atoms with Crippen LogP contribution in [0.3, 0.4) is 0 Å². The lowest BCUT2D eigenvalue weighted by molar-refractivity contribution is -0.178. The average Bonchev–Trinajstić information content (AvgIpc) is 2.68. The van der Waals surface area contributed by atoms with Crippen LogP contribution in [0.4, 0.5) is 0 Å². The van der Waals surface area contributed by atoms with Crippen molar-refractivity contribution in [2.24, 2.45) is 0 Å². The summed E-state index contributed by atoms with van der Waals surface area (Å²) in [6.45, 7) is 0. The van der Waals surface area contributed by atoms with E-state index in [1.165, 1.54) is 0 Å². The highest BCUT2D eigenvalue weighted by Crippen LogP contribution is 2.49. The summed E-state index contributed by atoms with van der Waals surface area (Å²) in [6, 6.07) is 2.14. The van der Waals surface area contributed by atoms with Gasteiger partial charge in [-0.2, -0.15) is 5.26 Å². The van der Waals surface area contributed by atoms with Gasteiger partial charge in [-0.3, -0.25) is 0 Å². The van der Waals surface area contributed by atoms with Gasteiger partial charge in [0.25, 0.3) is 0 Å². The van der Waals surface area contributed by atoms with Crippen LogP contribution in [0.1, 0.15) is 38.5 Å². The van der Waals surface area contributed by atoms with Gasteiger partial charge in [0.1, 0.15) is 6.10 Å². The third-order valence-corrected chi connectivity index (χ3v) is 4.53. The molecule has 0 amide bonds. The van der Waals surface area contributed by atoms with Crippen LogP contribution >= 0.6 is 0 Å². The maximum Gasteiger partial charge on any atom is 0.106 e. The zero-order valence-electron chi connectivity index (χ0n) is 10.3. The van der Waals surface area contributed by atoms with Crippen molar-refractivity contribution in [3.63, 3.8) is 0 Å². The number of aliphatic hydroxyl groups excluding tert-OH is 2. The van der Waals surface area contributed by atoms with E-state index in [0.29, 0.717) is 19.3 Å². The second-order valence-corrected chi connectivity index (χ2v) is 5.71. The lowest BCUT2D eigenvalue weighted by Gasteiger charge is -2.44. The van der Waals surface area contributed by atoms with Gasteiger partial charge < -0.3 is 19.7 Å². The molecule has 5 heteroatoms. The molecule has 1 spiro atoms. The van der Waals surface area contributed by atoms with Gasteiger partial charge >= 0.3 is 0 Å². The molecular weight excluding hydrogens is 234 g/mol. The first-order chi connectivity index (χ1) is 8.64. The number of fused-ring (bicyclic) bond motifs is 1. The standard InChI is InChI=1S/C13H19NO4/c14-5-1-2-8-3-4-11-13(18-8)6-9(15)12(16)10(7-13)17-11/h8-12,15-16H,1-4,6-7H2/t8?,9-,10?,11+,12?,13+/m1/s1. The molecular formula is C13H19NO4. The number of hydrogen-bond acceptors (Lipinski definition) is 5. The highest BCUT2D eigenvalue weighted by Gasteiger charge is 2.59. The Morgan fingerprint density at radius 2 is 2.11 bits per heavy atom. The first-order valence-electron chi connectivity index (χ1n) is 6.71. The van der Waals surface area contributed by atoms with E-state index in [9.17, 15) is 10.2 Å². The lowest BCUT2D eigenvalue weighted by atomic mass is 9.76. The van der Waals surface area contributed by atoms with Crippen LogP contribution < -0.4 is 0 Å². The average molecular weight is 253 g/mol. The van der Waals surface area contributed by atoms with Gasteiger partial charge in [-0.25, -0.2) is 0 Å². The predicted octanol–water partition coefficient (Wildman–Crippen LogP) is 0.491. The van der Waals surface area contributed by atoms with Gasteiger partial charge in [0, 0.05) is 19.3 Å². The Bertz CT molecular complexity index is 368. The van der Waals surface area contributed by atoms with Gasteiger partial charge in [-0.15, -0.1) is 0 Å². The SMILES string of the molecule is N#CCCC1CC[C@@H]2OC3C[C@]2(C[C@@H](O)C3O)O1. The van der Waals surface area contributed by atoms with Crippen molar-refractivity contribution in [3.8, 4) is 6.07 Å². The zero-order chi connectivity index (χ0) is 12.8. The minimum Gasteiger partial charge on any atom is -0.390 e. The quantitative estimate of drug-likeness (QED) is 0.748. The normalized spacial score (nSPS) is 50.6. The minimum absolute atomic E-state index is 0.00682. The Kier molecular flexibility index (Phi) is 3.07. The van der Waals surface area contributed by atoms with E-state index in [2.05, 4.69) is 6.07 Å². The zero-order valence-corrected chi connectivity index (χ0v) is 10.3. The monoisotopic (exact) mass is 253 g/mol. The van der Waals surface area contributed by atoms with E-state index in [1.54, 1.807) is 0 Å². The Hall–Kier alpha value is -0.670. The molecule has 18 heavy (non-hydrogen) atoms. The van der Waals surface area contributed by atoms with Crippen molar-refractivity contribution >= 4 is 0 Å². The summed E-state index contributed by atoms with van der Waals surface area (Å²) in [4.78, 5) is 0. The first-order valence-corrected chi connectivity index (χ1v) is 6.71. The van der Waals surface area contributed by atoms with E-state index in [0.717, 1.165) is 19.3 Å². The molecule has 0 radical (unpaired) electrons. The molecule has 2 saturated heterocycles. The van der Waals surface area contributed by atoms with Crippen LogP contribution in [-0.2, 0) is 9.47 Å². The first kappa shape index (κ1) is 12.4. The second kappa shape index (κ2) is 4.46. The van der Waals surface area contributed by atoms with E-state index < -0.39 is 17.8 Å². The van der Waals surface area contributed by atoms with Crippen molar-refractivity contribution in [1.29, 1.82) is 5.26 Å². The molecule has 3 unspecified atom stereocenters. The molecule has 3 aliphatic rings. The van der Waals surface area contributed by atoms with E-state index >= 15 is 0 Å². The van der Waals surface area contributed by atoms with Crippen molar-refractivity contribution in [3.05, 3.63) is 0 Å². The third-order valence-electron chi connectivity index (χ3n) is 4.53. The molecule has 3 rings (SSSR count). The van der Waals surface area contributed by atoms with Crippen molar-refractivity contribution in [2.75, 3.05) is 0 Å². The van der Waals surface area contributed by atoms with Crippen LogP contribution in [-0.4, -0.2) is 46.3 Å². The summed E-state index contributed by atoms with van der Waals surface area (Å²) >= 11 is 0. The topological polar surface area (TPSA) is 82.7 Å². The Balaban J connectivity index is 1.74. The molecule has 2 heterocycles. The highest BCUT2D eigenvalue weighted by atomic mass is 16.6. The van der Waals surface area contributed by atoms with Gasteiger partial charge in [0.15, 0.2) is 0 Å². The van der Waals surface area contributed by atoms with E-state index in [-0.39, 0.29) is 18.3 Å². The fourth-order valence-electron chi connectivity index (χ4n) is 3.65. The molecule has 0 aromatic carbocycles. The molecule has 6 atom stereocenters. The van der Waals surface area contributed by atoms with Crippen LogP contribution in [0.2, 0.25) is 0 Å². The Morgan fingerprint density at radius 3 is 2.89 bits per heavy atom. The molecule has 2 aliphatic heterocycles. The molecule has 2 N–H and O–H groups in total. The number of ether oxygens (including phenoxy) is 2. The molecule has 0 aromatic rings. The van der Waals surface area contributed by atoms with Gasteiger partial charge in [-0.05, 0) is 19.3 Å². The number of hydrogen-bond donors (Lipinski definition) is 2. The number of nitrogens with zero attached hydrogens (tertiary/aromatic N) is 1. The Morgan fingerprint density at radius 1 is 1.28 bits per heavy atom. The molecule has 2 bridgehead atoms. The molecule has 0 aromatic heterocycles. The fraction of sp³-hybridized carbons (Fsp3) is 0.923. The smallest absolute Gasteiger partial charge is 0.106 e. The minimum atomic E-state index is -0.789. The maximum absolute atomic E-state index is 9.89. The molecule has 1 aliphatic carbocycles. The van der Waals surface area contributed by atoms with Crippen molar-refractivity contribution in [2.45, 2.75) is 74.6 Å². The van der Waals surface area contributed by atoms with Crippen LogP contribution in [0.25, 0.3) is 0 Å². The molecule has 5 nitrogen and oxygen atoms in total. The summed E-state index contributed by atoms with van der Waals surface area (Å²) < 4.78 is 12.0. The van der Waals surface area contributed by atoms with Gasteiger partial charge in [-0.1, -0.05) is 0 Å². The summed E-state index contributed by atoms with van der Waals surface area (Å²) in [7, 11) is 0. The summed E-state index contributed by atoms with van der Waals surface area (Å²) in [5.74, 6) is 0. The second-order valence-electron chi connectivity index (χ2n) is 5.71. The van der Waals surface area contributed by atoms with Gasteiger partial charge in [0.05, 0.1) is 36.1 Å². The lowest BCUT2D eigenvalue weighted by Crippen LogP contribution is -2.54.